The summed E-state index contributed by atoms with van der Waals surface area (Å²) in [6, 6.07) is 21.2. The number of nitrogens with zero attached hydrogens (tertiary/aromatic N) is 2. The van der Waals surface area contributed by atoms with E-state index >= 15 is 0 Å². The minimum Gasteiger partial charge on any atom is -1.00 e. The van der Waals surface area contributed by atoms with Crippen molar-refractivity contribution < 1.29 is 62.0 Å². The highest BCUT2D eigenvalue weighted by Crippen LogP contribution is 2.38. The number of hydrogen-bond donors (Lipinski definition) is 1. The van der Waals surface area contributed by atoms with Gasteiger partial charge in [0.25, 0.3) is 0 Å². The van der Waals surface area contributed by atoms with Crippen LogP contribution in [0.15, 0.2) is 60.7 Å². The van der Waals surface area contributed by atoms with Crippen LogP contribution in [0, 0.1) is 5.92 Å². The van der Waals surface area contributed by atoms with Gasteiger partial charge in [-0.15, -0.1) is 0 Å². The van der Waals surface area contributed by atoms with Gasteiger partial charge in [-0.05, 0) is 24.0 Å². The molecule has 0 aromatic heterocycles. The Morgan fingerprint density at radius 1 is 0.844 bits per heavy atom. The fraction of sp³-hybridized carbons (Fsp3) is 0.556. The number of rotatable bonds is 9. The van der Waals surface area contributed by atoms with Gasteiger partial charge in [-0.3, -0.25) is 0 Å². The van der Waals surface area contributed by atoms with E-state index in [1.165, 1.54) is 31.7 Å². The average Bonchev–Trinajstić information content (AvgIpc) is 2.75. The van der Waals surface area contributed by atoms with Crippen LogP contribution in [0.1, 0.15) is 37.3 Å². The van der Waals surface area contributed by atoms with E-state index in [1.54, 1.807) is 0 Å². The van der Waals surface area contributed by atoms with E-state index < -0.39 is 5.60 Å². The zero-order valence-corrected chi connectivity index (χ0v) is 24.6. The molecule has 1 aliphatic heterocycles. The Morgan fingerprint density at radius 3 is 1.91 bits per heavy atom. The Kier molecular flexibility index (Phi) is 12.1. The van der Waals surface area contributed by atoms with E-state index in [2.05, 4.69) is 88.7 Å². The molecule has 3 rings (SSSR count). The molecule has 1 aliphatic rings. The second-order valence-corrected chi connectivity index (χ2v) is 10.4. The number of piperazine rings is 1. The molecule has 2 atom stereocenters. The Balaban J connectivity index is 0.00000256. The van der Waals surface area contributed by atoms with E-state index in [0.717, 1.165) is 46.8 Å². The van der Waals surface area contributed by atoms with Crippen molar-refractivity contribution in [1.29, 1.82) is 0 Å². The molecule has 0 radical (unpaired) electrons. The molecule has 5 heteroatoms. The Hall–Kier alpha value is -0.220. The van der Waals surface area contributed by atoms with E-state index in [9.17, 15) is 5.11 Å². The number of hydrogen-bond acceptors (Lipinski definition) is 1. The molecule has 0 saturated carbocycles. The maximum absolute atomic E-state index is 12.3. The highest BCUT2D eigenvalue weighted by molar-refractivity contribution is 5.25. The smallest absolute Gasteiger partial charge is 0.128 e. The first-order chi connectivity index (χ1) is 14.3. The zero-order chi connectivity index (χ0) is 21.7. The summed E-state index contributed by atoms with van der Waals surface area (Å²) in [5, 5.41) is 12.3. The third-order valence-corrected chi connectivity index (χ3v) is 7.34. The molecular formula is C27H42I2N2O. The summed E-state index contributed by atoms with van der Waals surface area (Å²) >= 11 is 0. The summed E-state index contributed by atoms with van der Waals surface area (Å²) in [4.78, 5) is 0. The molecule has 3 nitrogen and oxygen atoms in total. The highest BCUT2D eigenvalue weighted by atomic mass is 127. The third-order valence-electron chi connectivity index (χ3n) is 7.34. The number of benzene rings is 2. The molecule has 0 amide bonds. The van der Waals surface area contributed by atoms with E-state index in [4.69, 9.17) is 0 Å². The van der Waals surface area contributed by atoms with Crippen molar-refractivity contribution in [1.82, 2.24) is 0 Å². The molecule has 32 heavy (non-hydrogen) atoms. The average molecular weight is 664 g/mol. The van der Waals surface area contributed by atoms with Crippen LogP contribution in [0.5, 0.6) is 0 Å². The largest absolute Gasteiger partial charge is 1.00 e. The van der Waals surface area contributed by atoms with E-state index in [0.29, 0.717) is 0 Å². The van der Waals surface area contributed by atoms with E-state index in [1.807, 2.05) is 0 Å². The molecule has 2 aromatic rings. The maximum Gasteiger partial charge on any atom is 0.128 e. The van der Waals surface area contributed by atoms with Gasteiger partial charge in [-0.25, -0.2) is 0 Å². The lowest BCUT2D eigenvalue weighted by Gasteiger charge is -2.48. The van der Waals surface area contributed by atoms with Crippen LogP contribution in [-0.4, -0.2) is 67.9 Å². The van der Waals surface area contributed by atoms with Crippen molar-refractivity contribution in [3.63, 3.8) is 0 Å². The number of aliphatic hydroxyl groups is 1. The van der Waals surface area contributed by atoms with Gasteiger partial charge in [0.1, 0.15) is 26.2 Å². The van der Waals surface area contributed by atoms with Crippen molar-refractivity contribution in [2.24, 2.45) is 5.92 Å². The summed E-state index contributed by atoms with van der Waals surface area (Å²) in [6.45, 7) is 7.99. The number of halogens is 2. The van der Waals surface area contributed by atoms with Crippen molar-refractivity contribution in [3.05, 3.63) is 71.8 Å². The third kappa shape index (κ3) is 7.93. The monoisotopic (exact) mass is 664 g/mol. The normalized spacial score (nSPS) is 19.7. The van der Waals surface area contributed by atoms with Gasteiger partial charge >= 0.3 is 0 Å². The SMILES string of the molecule is CCCCC(O)(c1ccccc1)C(Cc1ccccc1)C[N+]1(C)CC[N+](C)(C)CC1.[I-].[I-]. The minimum atomic E-state index is -0.795. The first-order valence-corrected chi connectivity index (χ1v) is 11.7. The first kappa shape index (κ1) is 29.8. The van der Waals surface area contributed by atoms with Gasteiger partial charge in [0, 0.05) is 5.92 Å². The predicted octanol–water partition coefficient (Wildman–Crippen LogP) is -1.53. The number of unbranched alkanes of at least 4 members (excludes halogenated alkanes) is 1. The van der Waals surface area contributed by atoms with Crippen LogP contribution in [0.4, 0.5) is 0 Å². The molecule has 1 fully saturated rings. The standard InChI is InChI=1S/C27H42N2O.2HI/c1-5-6-17-27(30,25-15-11-8-12-16-25)26(22-24-13-9-7-10-14-24)23-29(4)20-18-28(2,3)19-21-29;;/h7-16,26,30H,5-6,17-23H2,1-4H3;2*1H/q+2;;/p-2. The van der Waals surface area contributed by atoms with Crippen LogP contribution < -0.4 is 48.0 Å². The Labute approximate surface area is 230 Å². The Morgan fingerprint density at radius 2 is 1.38 bits per heavy atom. The van der Waals surface area contributed by atoms with Crippen LogP contribution in [0.25, 0.3) is 0 Å². The zero-order valence-electron chi connectivity index (χ0n) is 20.3. The highest BCUT2D eigenvalue weighted by Gasteiger charge is 2.44. The summed E-state index contributed by atoms with van der Waals surface area (Å²) in [6.07, 6.45) is 3.89. The topological polar surface area (TPSA) is 20.2 Å². The van der Waals surface area contributed by atoms with Crippen molar-refractivity contribution >= 4 is 0 Å². The second-order valence-electron chi connectivity index (χ2n) is 10.4. The molecule has 180 valence electrons. The Bertz CT molecular complexity index is 775. The first-order valence-electron chi connectivity index (χ1n) is 11.7. The maximum atomic E-state index is 12.3. The summed E-state index contributed by atoms with van der Waals surface area (Å²) in [7, 11) is 7.08. The van der Waals surface area contributed by atoms with Crippen molar-refractivity contribution in [2.45, 2.75) is 38.2 Å². The molecule has 0 bridgehead atoms. The van der Waals surface area contributed by atoms with Crippen LogP contribution >= 0.6 is 0 Å². The summed E-state index contributed by atoms with van der Waals surface area (Å²) in [5.74, 6) is 0.188. The van der Waals surface area contributed by atoms with Crippen LogP contribution in [-0.2, 0) is 12.0 Å². The second kappa shape index (κ2) is 13.0. The van der Waals surface area contributed by atoms with Gasteiger partial charge in [0.2, 0.25) is 0 Å². The summed E-state index contributed by atoms with van der Waals surface area (Å²) in [5.41, 5.74) is 1.61. The molecule has 2 aromatic carbocycles. The van der Waals surface area contributed by atoms with Gasteiger partial charge in [-0.2, -0.15) is 0 Å². The fourth-order valence-corrected chi connectivity index (χ4v) is 5.00. The molecule has 2 unspecified atom stereocenters. The molecule has 0 aliphatic carbocycles. The molecule has 1 N–H and O–H groups in total. The van der Waals surface area contributed by atoms with Gasteiger partial charge < -0.3 is 62.0 Å². The molecular weight excluding hydrogens is 622 g/mol. The van der Waals surface area contributed by atoms with E-state index in [-0.39, 0.29) is 53.9 Å². The lowest BCUT2D eigenvalue weighted by molar-refractivity contribution is -1.01. The lowest BCUT2D eigenvalue weighted by Crippen LogP contribution is -3.00. The van der Waals surface area contributed by atoms with Gasteiger partial charge in [0.05, 0.1) is 33.3 Å². The van der Waals surface area contributed by atoms with Crippen molar-refractivity contribution in [2.75, 3.05) is 53.9 Å². The van der Waals surface area contributed by atoms with Gasteiger partial charge in [0.15, 0.2) is 0 Å². The molecule has 1 heterocycles. The summed E-state index contributed by atoms with van der Waals surface area (Å²) < 4.78 is 2.16. The van der Waals surface area contributed by atoms with Crippen LogP contribution in [0.3, 0.4) is 0 Å². The van der Waals surface area contributed by atoms with Crippen molar-refractivity contribution in [3.8, 4) is 0 Å². The molecule has 1 saturated heterocycles. The predicted molar refractivity (Wildman–Crippen MR) is 126 cm³/mol. The molecule has 0 spiro atoms. The lowest BCUT2D eigenvalue weighted by atomic mass is 9.74. The fourth-order valence-electron chi connectivity index (χ4n) is 5.00. The quantitative estimate of drug-likeness (QED) is 0.255. The van der Waals surface area contributed by atoms with Crippen LogP contribution in [0.2, 0.25) is 0 Å². The van der Waals surface area contributed by atoms with Gasteiger partial charge in [-0.1, -0.05) is 80.4 Å². The number of likely N-dealkylation sites (N-methyl/N-ethyl adjacent to an activating group) is 2. The number of quaternary nitrogens is 2. The minimum absolute atomic E-state index is 0.